The lowest BCUT2D eigenvalue weighted by Gasteiger charge is -2.18. The second-order valence-electron chi connectivity index (χ2n) is 53.0. The number of ether oxygens (including phenoxy) is 1. The lowest BCUT2D eigenvalue weighted by atomic mass is 9.87. The molecular formula is C129H196FN11O. The summed E-state index contributed by atoms with van der Waals surface area (Å²) < 4.78 is 18.1. The second kappa shape index (κ2) is 61.7. The highest BCUT2D eigenvalue weighted by Crippen LogP contribution is 2.30. The van der Waals surface area contributed by atoms with Crippen molar-refractivity contribution in [2.24, 2.45) is 65.0 Å². The lowest BCUT2D eigenvalue weighted by molar-refractivity contribution is 0.382. The van der Waals surface area contributed by atoms with Crippen molar-refractivity contribution in [1.82, 2.24) is 54.8 Å². The van der Waals surface area contributed by atoms with Crippen LogP contribution in [-0.4, -0.2) is 61.9 Å². The lowest BCUT2D eigenvalue weighted by Crippen LogP contribution is -2.10. The van der Waals surface area contributed by atoms with Gasteiger partial charge in [-0.15, -0.1) is 0 Å². The quantitative estimate of drug-likeness (QED) is 0.101. The Kier molecular flexibility index (Phi) is 56.3. The summed E-state index contributed by atoms with van der Waals surface area (Å²) in [6.45, 7) is 94.7. The van der Waals surface area contributed by atoms with Crippen LogP contribution < -0.4 is 4.74 Å². The monoisotopic (exact) mass is 1930 g/mol. The first-order chi connectivity index (χ1) is 65.1. The van der Waals surface area contributed by atoms with Crippen LogP contribution in [0.25, 0.3) is 0 Å². The van der Waals surface area contributed by atoms with Gasteiger partial charge in [0.25, 0.3) is 0 Å². The molecule has 12 rings (SSSR count). The molecule has 1 aromatic carbocycles. The fourth-order valence-corrected chi connectivity index (χ4v) is 14.7. The zero-order valence-electron chi connectivity index (χ0n) is 97.8. The predicted octanol–water partition coefficient (Wildman–Crippen LogP) is 35.0. The standard InChI is InChI=1S/C11H17NO.7C11H17N.C11H16.C10H14FN.2C10H15N/c1-11(2,3)8-9-6-5-7-10(12-9)13-4;4*1-9-5-10(8-12-7-9)6-11(2,3)4;1-9-5-6-12-8-10(9)7-11(2,3)4;2*1-9-5-6-10(8-12-9)7-11(2,3)4;1-11(2,3)9-10-7-5-4-6-8-10;1-10(2,3)7-8-5-4-6-12-9(8)11;1-10(2,3)7-9-5-4-6-11-8-9;1-10(2,3)8-9-6-4-5-7-11-9/h5-7H,8H2,1-4H3;4*5,7-8H,6H2,1-4H3;3*5-6,8H,7H2,1-4H3;4-8H,9H2,1-3H3;4-6H,7H2,1-3H3;4-6,8H,7H2,1-3H3;4-7H,8H2,1-3H3. The van der Waals surface area contributed by atoms with E-state index in [-0.39, 0.29) is 16.8 Å². The minimum atomic E-state index is -0.340. The summed E-state index contributed by atoms with van der Waals surface area (Å²) in [4.78, 5) is 45.6. The number of halogens is 1. The zero-order valence-corrected chi connectivity index (χ0v) is 97.8. The molecule has 12 nitrogen and oxygen atoms in total. The van der Waals surface area contributed by atoms with Crippen molar-refractivity contribution >= 4 is 0 Å². The Morgan fingerprint density at radius 1 is 0.218 bits per heavy atom. The van der Waals surface area contributed by atoms with Gasteiger partial charge in [0, 0.05) is 134 Å². The number of hydrogen-bond acceptors (Lipinski definition) is 12. The molecule has 0 amide bonds. The van der Waals surface area contributed by atoms with Crippen LogP contribution in [0, 0.1) is 119 Å². The van der Waals surface area contributed by atoms with E-state index in [1.54, 1.807) is 19.2 Å². The van der Waals surface area contributed by atoms with Crippen molar-refractivity contribution in [2.75, 3.05) is 7.11 Å². The Morgan fingerprint density at radius 3 is 0.831 bits per heavy atom. The summed E-state index contributed by atoms with van der Waals surface area (Å²) in [6.07, 6.45) is 43.0. The van der Waals surface area contributed by atoms with Crippen molar-refractivity contribution < 1.29 is 9.13 Å². The van der Waals surface area contributed by atoms with Gasteiger partial charge in [-0.1, -0.05) is 340 Å². The highest BCUT2D eigenvalue weighted by molar-refractivity contribution is 5.26. The molecule has 0 N–H and O–H groups in total. The largest absolute Gasteiger partial charge is 0.481 e. The van der Waals surface area contributed by atoms with Gasteiger partial charge in [-0.05, 0) is 317 Å². The van der Waals surface area contributed by atoms with Crippen LogP contribution in [0.1, 0.15) is 355 Å². The minimum absolute atomic E-state index is 0.115. The van der Waals surface area contributed by atoms with Gasteiger partial charge in [0.05, 0.1) is 7.11 Å². The molecule has 0 unspecified atom stereocenters. The molecule has 0 aliphatic carbocycles. The van der Waals surface area contributed by atoms with Gasteiger partial charge in [-0.2, -0.15) is 4.39 Å². The highest BCUT2D eigenvalue weighted by atomic mass is 19.1. The van der Waals surface area contributed by atoms with Gasteiger partial charge in [0.1, 0.15) is 0 Å². The molecule has 0 aliphatic heterocycles. The molecule has 11 aromatic heterocycles. The van der Waals surface area contributed by atoms with Crippen LogP contribution in [0.5, 0.6) is 5.88 Å². The fourth-order valence-electron chi connectivity index (χ4n) is 14.7. The summed E-state index contributed by atoms with van der Waals surface area (Å²) in [5, 5.41) is 0. The summed E-state index contributed by atoms with van der Waals surface area (Å²) >= 11 is 0. The molecular weight excluding hydrogens is 1740 g/mol. The van der Waals surface area contributed by atoms with Crippen molar-refractivity contribution in [3.63, 3.8) is 0 Å². The van der Waals surface area contributed by atoms with Gasteiger partial charge >= 0.3 is 0 Å². The maximum Gasteiger partial charge on any atom is 0.216 e. The third kappa shape index (κ3) is 76.3. The van der Waals surface area contributed by atoms with E-state index in [9.17, 15) is 4.39 Å². The van der Waals surface area contributed by atoms with Crippen LogP contribution >= 0.6 is 0 Å². The van der Waals surface area contributed by atoms with E-state index in [4.69, 9.17) is 4.74 Å². The van der Waals surface area contributed by atoms with Crippen LogP contribution in [-0.2, 0) is 77.0 Å². The molecule has 0 fully saturated rings. The van der Waals surface area contributed by atoms with E-state index in [1.165, 1.54) is 89.8 Å². The predicted molar refractivity (Wildman–Crippen MR) is 611 cm³/mol. The smallest absolute Gasteiger partial charge is 0.216 e. The fraction of sp³-hybridized carbons (Fsp3) is 0.527. The number of aryl methyl sites for hydroxylation is 7. The molecule has 0 saturated heterocycles. The van der Waals surface area contributed by atoms with E-state index < -0.39 is 0 Å². The topological polar surface area (TPSA) is 151 Å². The molecule has 0 bridgehead atoms. The first-order valence-corrected chi connectivity index (χ1v) is 51.3. The molecule has 0 atom stereocenters. The molecule has 780 valence electrons. The average molecular weight is 1940 g/mol. The zero-order chi connectivity index (χ0) is 108. The molecule has 142 heavy (non-hydrogen) atoms. The first kappa shape index (κ1) is 130. The molecule has 12 aromatic rings. The molecule has 11 heterocycles. The summed E-state index contributed by atoms with van der Waals surface area (Å²) in [7, 11) is 1.64. The van der Waals surface area contributed by atoms with Crippen molar-refractivity contribution in [2.45, 2.75) is 375 Å². The maximum absolute atomic E-state index is 13.0. The molecule has 0 spiro atoms. The summed E-state index contributed by atoms with van der Waals surface area (Å²) in [5.41, 5.74) is 27.6. The Morgan fingerprint density at radius 2 is 0.521 bits per heavy atom. The number of rotatable bonds is 13. The van der Waals surface area contributed by atoms with Crippen molar-refractivity contribution in [1.29, 1.82) is 0 Å². The van der Waals surface area contributed by atoms with Gasteiger partial charge in [-0.3, -0.25) is 44.9 Å². The van der Waals surface area contributed by atoms with E-state index in [1.807, 2.05) is 143 Å². The number of pyridine rings is 11. The Hall–Kier alpha value is -10.4. The number of hydrogen-bond donors (Lipinski definition) is 0. The second-order valence-corrected chi connectivity index (χ2v) is 53.0. The van der Waals surface area contributed by atoms with Gasteiger partial charge in [0.15, 0.2) is 0 Å². The number of aromatic nitrogens is 11. The average Bonchev–Trinajstić information content (AvgIpc) is 0.940. The Labute approximate surface area is 868 Å². The Balaban J connectivity index is 0.000000775. The van der Waals surface area contributed by atoms with E-state index in [0.717, 1.165) is 94.1 Å². The van der Waals surface area contributed by atoms with Crippen LogP contribution in [0.3, 0.4) is 0 Å². The van der Waals surface area contributed by atoms with E-state index >= 15 is 0 Å². The highest BCUT2D eigenvalue weighted by Gasteiger charge is 2.21. The van der Waals surface area contributed by atoms with Crippen LogP contribution in [0.2, 0.25) is 0 Å². The third-order valence-electron chi connectivity index (χ3n) is 19.7. The molecule has 13 heteroatoms. The summed E-state index contributed by atoms with van der Waals surface area (Å²) in [5.74, 6) is 0.356. The minimum Gasteiger partial charge on any atom is -0.481 e. The van der Waals surface area contributed by atoms with Gasteiger partial charge < -0.3 is 4.74 Å². The molecule has 0 saturated carbocycles. The van der Waals surface area contributed by atoms with Crippen LogP contribution in [0.15, 0.2) is 245 Å². The summed E-state index contributed by atoms with van der Waals surface area (Å²) in [6, 6.07) is 49.6. The molecule has 0 aliphatic rings. The normalized spacial score (nSPS) is 11.6. The van der Waals surface area contributed by atoms with Crippen molar-refractivity contribution in [3.8, 4) is 5.88 Å². The number of benzene rings is 1. The first-order valence-electron chi connectivity index (χ1n) is 51.3. The van der Waals surface area contributed by atoms with Gasteiger partial charge in [0.2, 0.25) is 11.8 Å². The van der Waals surface area contributed by atoms with E-state index in [2.05, 4.69) is 436 Å². The van der Waals surface area contributed by atoms with Crippen LogP contribution in [0.4, 0.5) is 4.39 Å². The third-order valence-corrected chi connectivity index (χ3v) is 19.7. The SMILES string of the molecule is CC(C)(C)Cc1ccccc1.CC(C)(C)Cc1ccccn1.CC(C)(C)Cc1cccnc1.CC(C)(C)Cc1cccnc1F.COc1cccc(CC(C)(C)C)n1.Cc1ccc(CC(C)(C)C)cn1.Cc1ccc(CC(C)(C)C)cn1.Cc1ccncc1CC(C)(C)C.Cc1cncc(CC(C)(C)C)c1.Cc1cncc(CC(C)(C)C)c1.Cc1cncc(CC(C)(C)C)c1.Cc1cncc(CC(C)(C)C)c1. The Bertz CT molecular complexity index is 4890. The number of methoxy groups -OCH3 is 1. The maximum atomic E-state index is 13.0. The van der Waals surface area contributed by atoms with E-state index in [0.29, 0.717) is 65.6 Å². The van der Waals surface area contributed by atoms with Gasteiger partial charge in [-0.25, -0.2) is 9.97 Å². The number of nitrogens with zero attached hydrogens (tertiary/aromatic N) is 11. The molecule has 0 radical (unpaired) electrons. The van der Waals surface area contributed by atoms with Crippen molar-refractivity contribution in [3.05, 3.63) is 357 Å².